The minimum atomic E-state index is 0.843. The van der Waals surface area contributed by atoms with Crippen LogP contribution in [0.3, 0.4) is 0 Å². The van der Waals surface area contributed by atoms with E-state index in [1.165, 1.54) is 45.2 Å². The maximum Gasteiger partial charge on any atom is 0.0239 e. The predicted molar refractivity (Wildman–Crippen MR) is 49.2 cm³/mol. The van der Waals surface area contributed by atoms with Gasteiger partial charge in [0.1, 0.15) is 0 Å². The molecule has 0 radical (unpaired) electrons. The number of likely N-dealkylation sites (tertiary alicyclic amines) is 1. The molecule has 0 aromatic heterocycles. The van der Waals surface area contributed by atoms with E-state index in [1.807, 2.05) is 0 Å². The second-order valence-corrected chi connectivity index (χ2v) is 4.63. The van der Waals surface area contributed by atoms with E-state index < -0.39 is 0 Å². The van der Waals surface area contributed by atoms with Crippen molar-refractivity contribution in [1.29, 1.82) is 0 Å². The van der Waals surface area contributed by atoms with Crippen molar-refractivity contribution < 1.29 is 0 Å². The Morgan fingerprint density at radius 1 is 1.08 bits per heavy atom. The van der Waals surface area contributed by atoms with Crippen molar-refractivity contribution in [2.75, 3.05) is 13.1 Å². The number of hydrogen-bond acceptors (Lipinski definition) is 2. The molecule has 1 aliphatic carbocycles. The molecule has 2 heteroatoms. The van der Waals surface area contributed by atoms with Crippen LogP contribution in [0.2, 0.25) is 0 Å². The largest absolute Gasteiger partial charge is 0.311 e. The van der Waals surface area contributed by atoms with Crippen molar-refractivity contribution in [2.24, 2.45) is 0 Å². The average molecular weight is 166 g/mol. The Morgan fingerprint density at radius 2 is 1.92 bits per heavy atom. The van der Waals surface area contributed by atoms with Crippen LogP contribution in [0.1, 0.15) is 32.1 Å². The molecule has 2 aliphatic heterocycles. The standard InChI is InChI=1S/C10H18N2/c1-2-4-9(3-1)12-7-8-5-10(12)6-11-8/h8-11H,1-7H2. The zero-order valence-electron chi connectivity index (χ0n) is 7.63. The van der Waals surface area contributed by atoms with E-state index in [2.05, 4.69) is 10.2 Å². The van der Waals surface area contributed by atoms with E-state index in [0.29, 0.717) is 0 Å². The molecule has 0 amide bonds. The van der Waals surface area contributed by atoms with Gasteiger partial charge in [0.15, 0.2) is 0 Å². The summed E-state index contributed by atoms with van der Waals surface area (Å²) in [5.41, 5.74) is 0. The summed E-state index contributed by atoms with van der Waals surface area (Å²) in [4.78, 5) is 2.79. The zero-order valence-corrected chi connectivity index (χ0v) is 7.63. The lowest BCUT2D eigenvalue weighted by atomic mass is 10.2. The summed E-state index contributed by atoms with van der Waals surface area (Å²) in [6.45, 7) is 2.61. The predicted octanol–water partition coefficient (Wildman–Crippen LogP) is 0.975. The monoisotopic (exact) mass is 166 g/mol. The van der Waals surface area contributed by atoms with Crippen molar-refractivity contribution >= 4 is 0 Å². The van der Waals surface area contributed by atoms with Crippen LogP contribution in [-0.4, -0.2) is 36.1 Å². The topological polar surface area (TPSA) is 15.3 Å². The molecule has 2 saturated heterocycles. The van der Waals surface area contributed by atoms with Crippen LogP contribution in [0, 0.1) is 0 Å². The van der Waals surface area contributed by atoms with Crippen molar-refractivity contribution in [3.8, 4) is 0 Å². The van der Waals surface area contributed by atoms with Crippen LogP contribution in [-0.2, 0) is 0 Å². The van der Waals surface area contributed by atoms with E-state index in [-0.39, 0.29) is 0 Å². The lowest BCUT2D eigenvalue weighted by molar-refractivity contribution is 0.161. The van der Waals surface area contributed by atoms with Gasteiger partial charge >= 0.3 is 0 Å². The van der Waals surface area contributed by atoms with E-state index in [9.17, 15) is 0 Å². The summed E-state index contributed by atoms with van der Waals surface area (Å²) in [6, 6.07) is 2.70. The molecule has 0 spiro atoms. The van der Waals surface area contributed by atoms with E-state index in [1.54, 1.807) is 0 Å². The van der Waals surface area contributed by atoms with Gasteiger partial charge in [0.05, 0.1) is 0 Å². The Bertz CT molecular complexity index is 175. The second kappa shape index (κ2) is 2.71. The fraction of sp³-hybridized carbons (Fsp3) is 1.00. The summed E-state index contributed by atoms with van der Waals surface area (Å²) in [5.74, 6) is 0. The first-order valence-electron chi connectivity index (χ1n) is 5.42. The first-order chi connectivity index (χ1) is 5.93. The molecule has 1 saturated carbocycles. The van der Waals surface area contributed by atoms with Crippen molar-refractivity contribution in [2.45, 2.75) is 50.2 Å². The lowest BCUT2D eigenvalue weighted by Crippen LogP contribution is -2.47. The highest BCUT2D eigenvalue weighted by atomic mass is 15.3. The van der Waals surface area contributed by atoms with Crippen molar-refractivity contribution in [3.05, 3.63) is 0 Å². The molecular formula is C10H18N2. The maximum absolute atomic E-state index is 3.57. The number of fused-ring (bicyclic) bond motifs is 2. The molecule has 2 bridgehead atoms. The van der Waals surface area contributed by atoms with Gasteiger partial charge in [-0.25, -0.2) is 0 Å². The third-order valence-corrected chi connectivity index (χ3v) is 3.89. The van der Waals surface area contributed by atoms with Crippen LogP contribution in [0.25, 0.3) is 0 Å². The number of nitrogens with zero attached hydrogens (tertiary/aromatic N) is 1. The summed E-state index contributed by atoms with van der Waals surface area (Å²) in [6.07, 6.45) is 7.33. The van der Waals surface area contributed by atoms with E-state index >= 15 is 0 Å². The third-order valence-electron chi connectivity index (χ3n) is 3.89. The van der Waals surface area contributed by atoms with Crippen LogP contribution in [0.4, 0.5) is 0 Å². The fourth-order valence-corrected chi connectivity index (χ4v) is 3.28. The molecule has 3 aliphatic rings. The normalized spacial score (nSPS) is 43.0. The summed E-state index contributed by atoms with van der Waals surface area (Å²) < 4.78 is 0. The summed E-state index contributed by atoms with van der Waals surface area (Å²) in [5, 5.41) is 3.57. The molecule has 0 aromatic rings. The lowest BCUT2D eigenvalue weighted by Gasteiger charge is -2.32. The van der Waals surface area contributed by atoms with Gasteiger partial charge in [0, 0.05) is 31.2 Å². The third kappa shape index (κ3) is 1.01. The first-order valence-corrected chi connectivity index (χ1v) is 5.42. The molecule has 3 rings (SSSR count). The average Bonchev–Trinajstić information content (AvgIpc) is 2.81. The molecule has 12 heavy (non-hydrogen) atoms. The van der Waals surface area contributed by atoms with Gasteiger partial charge < -0.3 is 5.32 Å². The maximum atomic E-state index is 3.57. The molecular weight excluding hydrogens is 148 g/mol. The Morgan fingerprint density at radius 3 is 2.50 bits per heavy atom. The van der Waals surface area contributed by atoms with Crippen molar-refractivity contribution in [1.82, 2.24) is 10.2 Å². The Balaban J connectivity index is 1.69. The Kier molecular flexibility index (Phi) is 1.66. The minimum Gasteiger partial charge on any atom is -0.311 e. The fourth-order valence-electron chi connectivity index (χ4n) is 3.28. The van der Waals surface area contributed by atoms with Gasteiger partial charge in [-0.1, -0.05) is 12.8 Å². The Labute approximate surface area is 74.3 Å². The van der Waals surface area contributed by atoms with Crippen LogP contribution in [0.5, 0.6) is 0 Å². The molecule has 1 N–H and O–H groups in total. The van der Waals surface area contributed by atoms with Gasteiger partial charge in [-0.05, 0) is 19.3 Å². The molecule has 0 aromatic carbocycles. The van der Waals surface area contributed by atoms with Crippen molar-refractivity contribution in [3.63, 3.8) is 0 Å². The summed E-state index contributed by atoms with van der Waals surface area (Å²) >= 11 is 0. The summed E-state index contributed by atoms with van der Waals surface area (Å²) in [7, 11) is 0. The molecule has 2 atom stereocenters. The highest BCUT2D eigenvalue weighted by molar-refractivity contribution is 5.00. The SMILES string of the molecule is C1CCC(N2CC3CC2CN3)C1. The van der Waals surface area contributed by atoms with Gasteiger partial charge in [-0.3, -0.25) is 4.90 Å². The number of nitrogens with one attached hydrogen (secondary N) is 1. The molecule has 2 nitrogen and oxygen atoms in total. The van der Waals surface area contributed by atoms with Gasteiger partial charge in [-0.2, -0.15) is 0 Å². The molecule has 3 fully saturated rings. The van der Waals surface area contributed by atoms with E-state index in [0.717, 1.165) is 18.1 Å². The first kappa shape index (κ1) is 7.34. The van der Waals surface area contributed by atoms with Crippen LogP contribution in [0.15, 0.2) is 0 Å². The quantitative estimate of drug-likeness (QED) is 0.624. The molecule has 2 heterocycles. The smallest absolute Gasteiger partial charge is 0.0239 e. The Hall–Kier alpha value is -0.0800. The number of hydrogen-bond donors (Lipinski definition) is 1. The van der Waals surface area contributed by atoms with Gasteiger partial charge in [0.2, 0.25) is 0 Å². The second-order valence-electron chi connectivity index (χ2n) is 4.63. The minimum absolute atomic E-state index is 0.843. The van der Waals surface area contributed by atoms with Crippen LogP contribution >= 0.6 is 0 Å². The van der Waals surface area contributed by atoms with Gasteiger partial charge in [0.25, 0.3) is 0 Å². The van der Waals surface area contributed by atoms with Gasteiger partial charge in [-0.15, -0.1) is 0 Å². The number of piperazine rings is 1. The molecule has 68 valence electrons. The zero-order chi connectivity index (χ0) is 7.97. The molecule has 2 unspecified atom stereocenters. The number of rotatable bonds is 1. The van der Waals surface area contributed by atoms with Crippen LogP contribution < -0.4 is 5.32 Å². The highest BCUT2D eigenvalue weighted by Crippen LogP contribution is 2.32. The highest BCUT2D eigenvalue weighted by Gasteiger charge is 2.41. The van der Waals surface area contributed by atoms with E-state index in [4.69, 9.17) is 0 Å².